The van der Waals surface area contributed by atoms with Crippen LogP contribution in [-0.4, -0.2) is 28.7 Å². The molecular formula is C14H17N3O3. The predicted octanol–water partition coefficient (Wildman–Crippen LogP) is 0.477. The Morgan fingerprint density at radius 3 is 2.55 bits per heavy atom. The molecule has 106 valence electrons. The van der Waals surface area contributed by atoms with Crippen molar-refractivity contribution in [2.75, 3.05) is 5.32 Å². The van der Waals surface area contributed by atoms with E-state index in [0.717, 1.165) is 5.56 Å². The number of nitrogens with two attached hydrogens (primary N) is 1. The summed E-state index contributed by atoms with van der Waals surface area (Å²) >= 11 is 0. The van der Waals surface area contributed by atoms with Crippen LogP contribution in [0.5, 0.6) is 0 Å². The molecule has 0 saturated carbocycles. The zero-order chi connectivity index (χ0) is 14.9. The van der Waals surface area contributed by atoms with Gasteiger partial charge in [0, 0.05) is 12.2 Å². The van der Waals surface area contributed by atoms with Crippen LogP contribution < -0.4 is 11.1 Å². The lowest BCUT2D eigenvalue weighted by Crippen LogP contribution is -2.52. The second-order valence-electron chi connectivity index (χ2n) is 5.14. The van der Waals surface area contributed by atoms with Crippen LogP contribution in [0.15, 0.2) is 24.3 Å². The molecule has 2 rings (SSSR count). The number of anilines is 1. The van der Waals surface area contributed by atoms with Crippen LogP contribution in [0, 0.1) is 5.92 Å². The topological polar surface area (TPSA) is 92.5 Å². The number of hydrogen-bond acceptors (Lipinski definition) is 3. The minimum atomic E-state index is -0.806. The summed E-state index contributed by atoms with van der Waals surface area (Å²) in [4.78, 5) is 36.9. The highest BCUT2D eigenvalue weighted by atomic mass is 16.2. The summed E-state index contributed by atoms with van der Waals surface area (Å²) in [5.74, 6) is -2.27. The Morgan fingerprint density at radius 1 is 1.30 bits per heavy atom. The number of para-hydroxylation sites is 1. The highest BCUT2D eigenvalue weighted by molar-refractivity contribution is 6.40. The van der Waals surface area contributed by atoms with Crippen molar-refractivity contribution in [3.05, 3.63) is 29.8 Å². The highest BCUT2D eigenvalue weighted by Crippen LogP contribution is 2.24. The Bertz CT molecular complexity index is 569. The van der Waals surface area contributed by atoms with Gasteiger partial charge in [-0.2, -0.15) is 0 Å². The van der Waals surface area contributed by atoms with Crippen molar-refractivity contribution in [2.45, 2.75) is 26.4 Å². The minimum absolute atomic E-state index is 0.172. The third kappa shape index (κ3) is 2.49. The number of rotatable bonds is 3. The lowest BCUT2D eigenvalue weighted by atomic mass is 10.0. The largest absolute Gasteiger partial charge is 0.368 e. The van der Waals surface area contributed by atoms with Crippen LogP contribution in [0.2, 0.25) is 0 Å². The number of hydrogen-bond donors (Lipinski definition) is 2. The molecule has 6 heteroatoms. The number of carbonyl (C=O) groups excluding carboxylic acids is 3. The molecule has 0 spiro atoms. The second kappa shape index (κ2) is 5.32. The molecule has 6 nitrogen and oxygen atoms in total. The fraction of sp³-hybridized carbons (Fsp3) is 0.357. The van der Waals surface area contributed by atoms with Crippen molar-refractivity contribution in [1.82, 2.24) is 4.90 Å². The third-order valence-corrected chi connectivity index (χ3v) is 3.32. The molecule has 1 aromatic rings. The van der Waals surface area contributed by atoms with Gasteiger partial charge in [0.05, 0.1) is 0 Å². The van der Waals surface area contributed by atoms with E-state index >= 15 is 0 Å². The summed E-state index contributed by atoms with van der Waals surface area (Å²) in [5, 5.41) is 2.55. The quantitative estimate of drug-likeness (QED) is 0.786. The molecule has 1 aliphatic rings. The first kappa shape index (κ1) is 14.0. The smallest absolute Gasteiger partial charge is 0.313 e. The summed E-state index contributed by atoms with van der Waals surface area (Å²) in [7, 11) is 0. The molecule has 0 saturated heterocycles. The molecule has 3 N–H and O–H groups in total. The van der Waals surface area contributed by atoms with Crippen molar-refractivity contribution in [3.8, 4) is 0 Å². The molecule has 1 aliphatic heterocycles. The minimum Gasteiger partial charge on any atom is -0.368 e. The molecule has 3 amide bonds. The van der Waals surface area contributed by atoms with Crippen LogP contribution in [0.1, 0.15) is 19.4 Å². The molecular weight excluding hydrogens is 258 g/mol. The van der Waals surface area contributed by atoms with E-state index in [2.05, 4.69) is 5.32 Å². The van der Waals surface area contributed by atoms with E-state index in [9.17, 15) is 14.4 Å². The van der Waals surface area contributed by atoms with Crippen molar-refractivity contribution in [2.24, 2.45) is 11.7 Å². The average Bonchev–Trinajstić information content (AvgIpc) is 2.48. The predicted molar refractivity (Wildman–Crippen MR) is 73.4 cm³/mol. The molecule has 0 bridgehead atoms. The van der Waals surface area contributed by atoms with Crippen LogP contribution in [-0.2, 0) is 20.9 Å². The van der Waals surface area contributed by atoms with Gasteiger partial charge in [-0.1, -0.05) is 32.0 Å². The summed E-state index contributed by atoms with van der Waals surface area (Å²) in [5.41, 5.74) is 6.74. The fourth-order valence-corrected chi connectivity index (χ4v) is 2.41. The number of fused-ring (bicyclic) bond motifs is 1. The molecule has 0 fully saturated rings. The normalized spacial score (nSPS) is 16.4. The van der Waals surface area contributed by atoms with Crippen molar-refractivity contribution in [3.63, 3.8) is 0 Å². The first-order valence-electron chi connectivity index (χ1n) is 6.41. The lowest BCUT2D eigenvalue weighted by Gasteiger charge is -2.30. The molecule has 0 aliphatic carbocycles. The Morgan fingerprint density at radius 2 is 1.95 bits per heavy atom. The number of carbonyl (C=O) groups is 3. The summed E-state index contributed by atoms with van der Waals surface area (Å²) in [6.07, 6.45) is 0. The molecule has 0 unspecified atom stereocenters. The Kier molecular flexibility index (Phi) is 3.74. The van der Waals surface area contributed by atoms with Gasteiger partial charge in [-0.25, -0.2) is 0 Å². The monoisotopic (exact) mass is 275 g/mol. The number of primary amides is 1. The molecule has 0 aromatic heterocycles. The van der Waals surface area contributed by atoms with Crippen LogP contribution >= 0.6 is 0 Å². The Hall–Kier alpha value is -2.37. The second-order valence-corrected chi connectivity index (χ2v) is 5.14. The van der Waals surface area contributed by atoms with E-state index in [-0.39, 0.29) is 12.5 Å². The van der Waals surface area contributed by atoms with Gasteiger partial charge >= 0.3 is 11.8 Å². The van der Waals surface area contributed by atoms with Gasteiger partial charge in [-0.3, -0.25) is 14.4 Å². The zero-order valence-corrected chi connectivity index (χ0v) is 11.4. The SMILES string of the molecule is CC(C)[C@H](C(N)=O)N1Cc2ccccc2NC(=O)C1=O. The van der Waals surface area contributed by atoms with Gasteiger partial charge < -0.3 is 16.0 Å². The van der Waals surface area contributed by atoms with E-state index in [0.29, 0.717) is 5.69 Å². The van der Waals surface area contributed by atoms with Gasteiger partial charge in [0.25, 0.3) is 0 Å². The van der Waals surface area contributed by atoms with Crippen molar-refractivity contribution < 1.29 is 14.4 Å². The lowest BCUT2D eigenvalue weighted by molar-refractivity contribution is -0.148. The summed E-state index contributed by atoms with van der Waals surface area (Å²) in [6.45, 7) is 3.76. The van der Waals surface area contributed by atoms with Crippen LogP contribution in [0.3, 0.4) is 0 Å². The maximum Gasteiger partial charge on any atom is 0.313 e. The molecule has 20 heavy (non-hydrogen) atoms. The van der Waals surface area contributed by atoms with Gasteiger partial charge in [0.1, 0.15) is 6.04 Å². The summed E-state index contributed by atoms with van der Waals surface area (Å²) in [6, 6.07) is 6.30. The number of amides is 3. The number of nitrogens with one attached hydrogen (secondary N) is 1. The third-order valence-electron chi connectivity index (χ3n) is 3.32. The molecule has 1 heterocycles. The number of benzene rings is 1. The van der Waals surface area contributed by atoms with E-state index in [1.165, 1.54) is 4.90 Å². The highest BCUT2D eigenvalue weighted by Gasteiger charge is 2.36. The van der Waals surface area contributed by atoms with Gasteiger partial charge in [0.15, 0.2) is 0 Å². The van der Waals surface area contributed by atoms with E-state index in [1.54, 1.807) is 32.0 Å². The fourth-order valence-electron chi connectivity index (χ4n) is 2.41. The molecule has 1 aromatic carbocycles. The van der Waals surface area contributed by atoms with Gasteiger partial charge in [0.2, 0.25) is 5.91 Å². The van der Waals surface area contributed by atoms with E-state index in [1.807, 2.05) is 6.07 Å². The number of nitrogens with zero attached hydrogens (tertiary/aromatic N) is 1. The van der Waals surface area contributed by atoms with Crippen LogP contribution in [0.25, 0.3) is 0 Å². The Labute approximate surface area is 116 Å². The van der Waals surface area contributed by atoms with Gasteiger partial charge in [-0.05, 0) is 17.5 Å². The van der Waals surface area contributed by atoms with E-state index < -0.39 is 23.8 Å². The van der Waals surface area contributed by atoms with Crippen molar-refractivity contribution >= 4 is 23.4 Å². The molecule has 1 atom stereocenters. The maximum atomic E-state index is 12.2. The Balaban J connectivity index is 2.44. The van der Waals surface area contributed by atoms with E-state index in [4.69, 9.17) is 5.73 Å². The first-order chi connectivity index (χ1) is 9.41. The first-order valence-corrected chi connectivity index (χ1v) is 6.41. The van der Waals surface area contributed by atoms with Crippen LogP contribution in [0.4, 0.5) is 5.69 Å². The average molecular weight is 275 g/mol. The standard InChI is InChI=1S/C14H17N3O3/c1-8(2)11(12(15)18)17-7-9-5-3-4-6-10(9)16-13(19)14(17)20/h3-6,8,11H,7H2,1-2H3,(H2,15,18)(H,16,19)/t11-/m1/s1. The van der Waals surface area contributed by atoms with Crippen molar-refractivity contribution in [1.29, 1.82) is 0 Å². The maximum absolute atomic E-state index is 12.2. The zero-order valence-electron chi connectivity index (χ0n) is 11.4. The summed E-state index contributed by atoms with van der Waals surface area (Å²) < 4.78 is 0. The van der Waals surface area contributed by atoms with Gasteiger partial charge in [-0.15, -0.1) is 0 Å². The molecule has 0 radical (unpaired) electrons.